The van der Waals surface area contributed by atoms with Gasteiger partial charge in [0.05, 0.1) is 11.7 Å². The molecule has 0 aromatic carbocycles. The molecule has 0 spiro atoms. The van der Waals surface area contributed by atoms with Gasteiger partial charge in [-0.2, -0.15) is 5.26 Å². The minimum absolute atomic E-state index is 0.513. The first-order chi connectivity index (χ1) is 7.20. The second-order valence-corrected chi connectivity index (χ2v) is 4.66. The van der Waals surface area contributed by atoms with Gasteiger partial charge in [0, 0.05) is 19.5 Å². The molecule has 3 nitrogen and oxygen atoms in total. The van der Waals surface area contributed by atoms with Crippen LogP contribution in [0, 0.1) is 17.2 Å². The van der Waals surface area contributed by atoms with Crippen LogP contribution in [0.3, 0.4) is 0 Å². The van der Waals surface area contributed by atoms with E-state index < -0.39 is 5.60 Å². The van der Waals surface area contributed by atoms with Gasteiger partial charge < -0.3 is 10.4 Å². The Morgan fingerprint density at radius 1 is 1.47 bits per heavy atom. The van der Waals surface area contributed by atoms with Gasteiger partial charge in [0.1, 0.15) is 0 Å². The lowest BCUT2D eigenvalue weighted by Crippen LogP contribution is -2.43. The van der Waals surface area contributed by atoms with Gasteiger partial charge in [-0.15, -0.1) is 0 Å². The largest absolute Gasteiger partial charge is 0.389 e. The van der Waals surface area contributed by atoms with Gasteiger partial charge in [-0.1, -0.05) is 13.3 Å². The van der Waals surface area contributed by atoms with Crippen molar-refractivity contribution in [2.75, 3.05) is 13.1 Å². The van der Waals surface area contributed by atoms with Gasteiger partial charge in [0.25, 0.3) is 0 Å². The quantitative estimate of drug-likeness (QED) is 0.681. The summed E-state index contributed by atoms with van der Waals surface area (Å²) < 4.78 is 0. The Labute approximate surface area is 92.5 Å². The van der Waals surface area contributed by atoms with Crippen LogP contribution in [-0.2, 0) is 0 Å². The highest BCUT2D eigenvalue weighted by atomic mass is 16.3. The number of hydrogen-bond acceptors (Lipinski definition) is 3. The van der Waals surface area contributed by atoms with Gasteiger partial charge in [-0.3, -0.25) is 0 Å². The van der Waals surface area contributed by atoms with E-state index in [2.05, 4.69) is 18.3 Å². The van der Waals surface area contributed by atoms with E-state index in [9.17, 15) is 5.11 Å². The van der Waals surface area contributed by atoms with E-state index in [1.54, 1.807) is 0 Å². The molecular formula is C12H22N2O. The fourth-order valence-corrected chi connectivity index (χ4v) is 2.27. The fourth-order valence-electron chi connectivity index (χ4n) is 2.27. The first-order valence-electron chi connectivity index (χ1n) is 6.00. The molecule has 0 amide bonds. The molecule has 1 saturated carbocycles. The van der Waals surface area contributed by atoms with E-state index >= 15 is 0 Å². The number of nitrogens with one attached hydrogen (secondary N) is 1. The molecule has 0 radical (unpaired) electrons. The normalized spacial score (nSPS) is 31.1. The maximum atomic E-state index is 10.2. The molecule has 0 unspecified atom stereocenters. The van der Waals surface area contributed by atoms with Crippen molar-refractivity contribution in [2.45, 2.75) is 51.0 Å². The minimum Gasteiger partial charge on any atom is -0.389 e. The maximum Gasteiger partial charge on any atom is 0.0771 e. The summed E-state index contributed by atoms with van der Waals surface area (Å²) in [5.41, 5.74) is -0.513. The number of nitriles is 1. The number of nitrogens with zero attached hydrogens (tertiary/aromatic N) is 1. The molecule has 0 aliphatic heterocycles. The Bertz CT molecular complexity index is 214. The summed E-state index contributed by atoms with van der Waals surface area (Å²) in [7, 11) is 0. The minimum atomic E-state index is -0.513. The highest BCUT2D eigenvalue weighted by Gasteiger charge is 2.31. The Kier molecular flexibility index (Phi) is 5.07. The maximum absolute atomic E-state index is 10.2. The van der Waals surface area contributed by atoms with Crippen molar-refractivity contribution in [3.63, 3.8) is 0 Å². The van der Waals surface area contributed by atoms with Crippen molar-refractivity contribution in [3.05, 3.63) is 0 Å². The van der Waals surface area contributed by atoms with Crippen LogP contribution in [0.2, 0.25) is 0 Å². The van der Waals surface area contributed by atoms with E-state index in [1.807, 2.05) is 0 Å². The molecular weight excluding hydrogens is 188 g/mol. The van der Waals surface area contributed by atoms with Gasteiger partial charge in [0.2, 0.25) is 0 Å². The van der Waals surface area contributed by atoms with Crippen molar-refractivity contribution in [3.8, 4) is 6.07 Å². The average Bonchev–Trinajstić information content (AvgIpc) is 2.26. The molecule has 1 fully saturated rings. The predicted molar refractivity (Wildman–Crippen MR) is 60.3 cm³/mol. The number of rotatable bonds is 5. The third-order valence-corrected chi connectivity index (χ3v) is 3.48. The van der Waals surface area contributed by atoms with Crippen LogP contribution in [0.15, 0.2) is 0 Å². The van der Waals surface area contributed by atoms with Crippen molar-refractivity contribution in [2.24, 2.45) is 5.92 Å². The summed E-state index contributed by atoms with van der Waals surface area (Å²) in [6, 6.07) is 2.09. The molecule has 86 valence electrons. The van der Waals surface area contributed by atoms with Crippen LogP contribution in [0.4, 0.5) is 0 Å². The van der Waals surface area contributed by atoms with Crippen molar-refractivity contribution < 1.29 is 5.11 Å². The third-order valence-electron chi connectivity index (χ3n) is 3.48. The third kappa shape index (κ3) is 4.19. The van der Waals surface area contributed by atoms with Crippen molar-refractivity contribution in [1.29, 1.82) is 5.26 Å². The van der Waals surface area contributed by atoms with Gasteiger partial charge in [-0.25, -0.2) is 0 Å². The average molecular weight is 210 g/mol. The van der Waals surface area contributed by atoms with Gasteiger partial charge in [-0.05, 0) is 31.6 Å². The lowest BCUT2D eigenvalue weighted by atomic mass is 9.78. The summed E-state index contributed by atoms with van der Waals surface area (Å²) in [5.74, 6) is 0.810. The van der Waals surface area contributed by atoms with Gasteiger partial charge in [0.15, 0.2) is 0 Å². The Morgan fingerprint density at radius 2 is 2.13 bits per heavy atom. The summed E-state index contributed by atoms with van der Waals surface area (Å²) in [6.07, 6.45) is 5.86. The fraction of sp³-hybridized carbons (Fsp3) is 0.917. The monoisotopic (exact) mass is 210 g/mol. The highest BCUT2D eigenvalue weighted by Crippen LogP contribution is 2.33. The molecule has 2 N–H and O–H groups in total. The molecule has 1 aliphatic rings. The zero-order valence-electron chi connectivity index (χ0n) is 9.63. The SMILES string of the molecule is CCC1CCC(O)(CNCCC#N)CC1. The topological polar surface area (TPSA) is 56.0 Å². The lowest BCUT2D eigenvalue weighted by molar-refractivity contribution is -0.00830. The van der Waals surface area contributed by atoms with Crippen LogP contribution >= 0.6 is 0 Å². The first-order valence-corrected chi connectivity index (χ1v) is 6.00. The summed E-state index contributed by atoms with van der Waals surface area (Å²) in [4.78, 5) is 0. The van der Waals surface area contributed by atoms with Crippen LogP contribution < -0.4 is 5.32 Å². The zero-order valence-corrected chi connectivity index (χ0v) is 9.63. The van der Waals surface area contributed by atoms with E-state index in [0.717, 1.165) is 31.6 Å². The molecule has 15 heavy (non-hydrogen) atoms. The van der Waals surface area contributed by atoms with E-state index in [4.69, 9.17) is 5.26 Å². The zero-order chi connectivity index (χ0) is 11.1. The van der Waals surface area contributed by atoms with E-state index in [-0.39, 0.29) is 0 Å². The molecule has 1 rings (SSSR count). The van der Waals surface area contributed by atoms with Crippen LogP contribution in [0.5, 0.6) is 0 Å². The summed E-state index contributed by atoms with van der Waals surface area (Å²) in [6.45, 7) is 3.56. The van der Waals surface area contributed by atoms with Crippen LogP contribution in [0.1, 0.15) is 45.4 Å². The molecule has 3 heteroatoms. The highest BCUT2D eigenvalue weighted by molar-refractivity contribution is 4.87. The Hall–Kier alpha value is -0.590. The van der Waals surface area contributed by atoms with Crippen molar-refractivity contribution in [1.82, 2.24) is 5.32 Å². The lowest BCUT2D eigenvalue weighted by Gasteiger charge is -2.36. The molecule has 0 bridgehead atoms. The molecule has 0 saturated heterocycles. The predicted octanol–water partition coefficient (Wildman–Crippen LogP) is 1.82. The molecule has 0 atom stereocenters. The summed E-state index contributed by atoms with van der Waals surface area (Å²) in [5, 5.41) is 21.8. The Morgan fingerprint density at radius 3 is 2.67 bits per heavy atom. The second kappa shape index (κ2) is 6.09. The van der Waals surface area contributed by atoms with E-state index in [1.165, 1.54) is 6.42 Å². The number of hydrogen-bond donors (Lipinski definition) is 2. The smallest absolute Gasteiger partial charge is 0.0771 e. The second-order valence-electron chi connectivity index (χ2n) is 4.66. The molecule has 0 aromatic rings. The molecule has 0 heterocycles. The molecule has 0 aromatic heterocycles. The van der Waals surface area contributed by atoms with Crippen molar-refractivity contribution >= 4 is 0 Å². The first kappa shape index (κ1) is 12.5. The Balaban J connectivity index is 2.20. The standard InChI is InChI=1S/C12H22N2O/c1-2-11-4-6-12(15,7-5-11)10-14-9-3-8-13/h11,14-15H,2-7,9-10H2,1H3. The summed E-state index contributed by atoms with van der Waals surface area (Å²) >= 11 is 0. The van der Waals surface area contributed by atoms with Crippen LogP contribution in [0.25, 0.3) is 0 Å². The van der Waals surface area contributed by atoms with E-state index in [0.29, 0.717) is 19.5 Å². The molecule has 1 aliphatic carbocycles. The van der Waals surface area contributed by atoms with Crippen LogP contribution in [-0.4, -0.2) is 23.8 Å². The number of aliphatic hydroxyl groups is 1. The van der Waals surface area contributed by atoms with Gasteiger partial charge >= 0.3 is 0 Å².